The van der Waals surface area contributed by atoms with Crippen molar-refractivity contribution < 1.29 is 4.79 Å². The molecule has 1 unspecified atom stereocenters. The van der Waals surface area contributed by atoms with E-state index in [4.69, 9.17) is 0 Å². The molecule has 0 radical (unpaired) electrons. The van der Waals surface area contributed by atoms with Gasteiger partial charge in [-0.25, -0.2) is 4.98 Å². The Kier molecular flexibility index (Phi) is 3.31. The molecule has 0 saturated carbocycles. The van der Waals surface area contributed by atoms with E-state index in [1.54, 1.807) is 11.3 Å². The summed E-state index contributed by atoms with van der Waals surface area (Å²) in [4.78, 5) is 16.7. The van der Waals surface area contributed by atoms with Gasteiger partial charge in [-0.2, -0.15) is 5.10 Å². The Labute approximate surface area is 96.9 Å². The van der Waals surface area contributed by atoms with Gasteiger partial charge in [0.15, 0.2) is 0 Å². The molecular formula is C10H12N4OS. The van der Waals surface area contributed by atoms with Crippen LogP contribution in [-0.2, 0) is 0 Å². The van der Waals surface area contributed by atoms with E-state index < -0.39 is 0 Å². The highest BCUT2D eigenvalue weighted by Gasteiger charge is 2.16. The minimum absolute atomic E-state index is 0.0394. The van der Waals surface area contributed by atoms with Crippen LogP contribution in [0.25, 0.3) is 0 Å². The van der Waals surface area contributed by atoms with E-state index in [-0.39, 0.29) is 17.8 Å². The lowest BCUT2D eigenvalue weighted by Gasteiger charge is -2.13. The number of aromatic nitrogens is 3. The van der Waals surface area contributed by atoms with Crippen molar-refractivity contribution in [2.75, 3.05) is 0 Å². The van der Waals surface area contributed by atoms with E-state index in [1.165, 1.54) is 6.33 Å². The first kappa shape index (κ1) is 10.8. The zero-order valence-electron chi connectivity index (χ0n) is 8.80. The normalized spacial score (nSPS) is 12.3. The van der Waals surface area contributed by atoms with Gasteiger partial charge in [0.05, 0.1) is 6.04 Å². The van der Waals surface area contributed by atoms with E-state index in [2.05, 4.69) is 20.5 Å². The molecule has 2 aromatic rings. The summed E-state index contributed by atoms with van der Waals surface area (Å²) >= 11 is 1.63. The average Bonchev–Trinajstić information content (AvgIpc) is 2.96. The summed E-state index contributed by atoms with van der Waals surface area (Å²) in [7, 11) is 0. The number of thiophene rings is 1. The molecule has 2 aromatic heterocycles. The number of rotatable bonds is 4. The monoisotopic (exact) mass is 236 g/mol. The Morgan fingerprint density at radius 1 is 1.69 bits per heavy atom. The van der Waals surface area contributed by atoms with Crippen LogP contribution in [0.2, 0.25) is 0 Å². The molecule has 0 saturated heterocycles. The molecule has 0 fully saturated rings. The molecule has 0 aliphatic carbocycles. The molecule has 1 atom stereocenters. The molecule has 0 aliphatic rings. The molecule has 0 spiro atoms. The van der Waals surface area contributed by atoms with Crippen molar-refractivity contribution in [3.05, 3.63) is 34.5 Å². The molecule has 2 heterocycles. The highest BCUT2D eigenvalue weighted by molar-refractivity contribution is 7.10. The zero-order chi connectivity index (χ0) is 11.4. The standard InChI is InChI=1S/C10H12N4OS/c1-2-7(8-4-3-5-16-8)13-10(15)9-11-6-12-14-9/h3-7H,2H2,1H3,(H,13,15)(H,11,12,14). The Morgan fingerprint density at radius 3 is 3.12 bits per heavy atom. The molecular weight excluding hydrogens is 224 g/mol. The topological polar surface area (TPSA) is 70.7 Å². The summed E-state index contributed by atoms with van der Waals surface area (Å²) in [5, 5.41) is 11.1. The summed E-state index contributed by atoms with van der Waals surface area (Å²) in [6.07, 6.45) is 2.17. The van der Waals surface area contributed by atoms with Gasteiger partial charge in [-0.15, -0.1) is 11.3 Å². The second-order valence-corrected chi connectivity index (χ2v) is 4.26. The van der Waals surface area contributed by atoms with Crippen LogP contribution >= 0.6 is 11.3 Å². The summed E-state index contributed by atoms with van der Waals surface area (Å²) in [5.74, 6) is 0.0211. The van der Waals surface area contributed by atoms with E-state index in [1.807, 2.05) is 24.4 Å². The molecule has 84 valence electrons. The van der Waals surface area contributed by atoms with E-state index >= 15 is 0 Å². The van der Waals surface area contributed by atoms with Gasteiger partial charge in [0.1, 0.15) is 6.33 Å². The Bertz CT molecular complexity index is 437. The number of amides is 1. The summed E-state index contributed by atoms with van der Waals surface area (Å²) < 4.78 is 0. The quantitative estimate of drug-likeness (QED) is 0.849. The lowest BCUT2D eigenvalue weighted by Crippen LogP contribution is -2.28. The molecule has 16 heavy (non-hydrogen) atoms. The van der Waals surface area contributed by atoms with Gasteiger partial charge in [-0.1, -0.05) is 13.0 Å². The van der Waals surface area contributed by atoms with Gasteiger partial charge in [-0.3, -0.25) is 9.89 Å². The lowest BCUT2D eigenvalue weighted by atomic mass is 10.2. The van der Waals surface area contributed by atoms with Crippen molar-refractivity contribution in [1.29, 1.82) is 0 Å². The molecule has 0 aliphatic heterocycles. The maximum Gasteiger partial charge on any atom is 0.289 e. The number of aromatic amines is 1. The van der Waals surface area contributed by atoms with E-state index in [0.717, 1.165) is 11.3 Å². The maximum atomic E-state index is 11.7. The predicted molar refractivity (Wildman–Crippen MR) is 61.2 cm³/mol. The Hall–Kier alpha value is -1.69. The lowest BCUT2D eigenvalue weighted by molar-refractivity contribution is 0.0926. The second kappa shape index (κ2) is 4.89. The molecule has 2 N–H and O–H groups in total. The van der Waals surface area contributed by atoms with Crippen LogP contribution in [0.15, 0.2) is 23.8 Å². The molecule has 0 aromatic carbocycles. The number of hydrogen-bond donors (Lipinski definition) is 2. The van der Waals surface area contributed by atoms with Gasteiger partial charge in [0, 0.05) is 4.88 Å². The van der Waals surface area contributed by atoms with Crippen molar-refractivity contribution in [2.45, 2.75) is 19.4 Å². The van der Waals surface area contributed by atoms with Gasteiger partial charge in [-0.05, 0) is 17.9 Å². The van der Waals surface area contributed by atoms with Crippen molar-refractivity contribution in [3.63, 3.8) is 0 Å². The third-order valence-electron chi connectivity index (χ3n) is 2.23. The third-order valence-corrected chi connectivity index (χ3v) is 3.22. The summed E-state index contributed by atoms with van der Waals surface area (Å²) in [6.45, 7) is 2.03. The van der Waals surface area contributed by atoms with Crippen LogP contribution in [0.3, 0.4) is 0 Å². The fraction of sp³-hybridized carbons (Fsp3) is 0.300. The number of nitrogens with zero attached hydrogens (tertiary/aromatic N) is 2. The van der Waals surface area contributed by atoms with Crippen LogP contribution in [0.4, 0.5) is 0 Å². The molecule has 2 rings (SSSR count). The van der Waals surface area contributed by atoms with E-state index in [0.29, 0.717) is 0 Å². The van der Waals surface area contributed by atoms with Gasteiger partial charge in [0.25, 0.3) is 5.91 Å². The summed E-state index contributed by atoms with van der Waals surface area (Å²) in [5.41, 5.74) is 0. The van der Waals surface area contributed by atoms with Gasteiger partial charge in [0.2, 0.25) is 5.82 Å². The van der Waals surface area contributed by atoms with Gasteiger partial charge < -0.3 is 5.32 Å². The fourth-order valence-electron chi connectivity index (χ4n) is 1.41. The number of nitrogens with one attached hydrogen (secondary N) is 2. The SMILES string of the molecule is CCC(NC(=O)c1ncn[nH]1)c1cccs1. The molecule has 6 heteroatoms. The third kappa shape index (κ3) is 2.27. The predicted octanol–water partition coefficient (Wildman–Crippen LogP) is 1.75. The van der Waals surface area contributed by atoms with Crippen molar-refractivity contribution in [2.24, 2.45) is 0 Å². The number of carbonyl (C=O) groups is 1. The highest BCUT2D eigenvalue weighted by atomic mass is 32.1. The number of carbonyl (C=O) groups excluding carboxylic acids is 1. The molecule has 0 bridgehead atoms. The number of hydrogen-bond acceptors (Lipinski definition) is 4. The first-order valence-electron chi connectivity index (χ1n) is 5.01. The fourth-order valence-corrected chi connectivity index (χ4v) is 2.27. The second-order valence-electron chi connectivity index (χ2n) is 3.28. The van der Waals surface area contributed by atoms with Crippen LogP contribution < -0.4 is 5.32 Å². The van der Waals surface area contributed by atoms with E-state index in [9.17, 15) is 4.79 Å². The van der Waals surface area contributed by atoms with Crippen LogP contribution in [0.5, 0.6) is 0 Å². The summed E-state index contributed by atoms with van der Waals surface area (Å²) in [6, 6.07) is 4.03. The van der Waals surface area contributed by atoms with Crippen LogP contribution in [0.1, 0.15) is 34.9 Å². The average molecular weight is 236 g/mol. The first-order valence-corrected chi connectivity index (χ1v) is 5.89. The highest BCUT2D eigenvalue weighted by Crippen LogP contribution is 2.21. The maximum absolute atomic E-state index is 11.7. The Morgan fingerprint density at radius 2 is 2.56 bits per heavy atom. The largest absolute Gasteiger partial charge is 0.342 e. The molecule has 1 amide bonds. The minimum Gasteiger partial charge on any atom is -0.342 e. The van der Waals surface area contributed by atoms with Crippen molar-refractivity contribution in [3.8, 4) is 0 Å². The molecule has 5 nitrogen and oxygen atoms in total. The Balaban J connectivity index is 2.05. The number of H-pyrrole nitrogens is 1. The first-order chi connectivity index (χ1) is 7.81. The van der Waals surface area contributed by atoms with Crippen molar-refractivity contribution in [1.82, 2.24) is 20.5 Å². The zero-order valence-corrected chi connectivity index (χ0v) is 9.62. The van der Waals surface area contributed by atoms with Crippen LogP contribution in [-0.4, -0.2) is 21.1 Å². The van der Waals surface area contributed by atoms with Crippen molar-refractivity contribution >= 4 is 17.2 Å². The van der Waals surface area contributed by atoms with Crippen LogP contribution in [0, 0.1) is 0 Å². The smallest absolute Gasteiger partial charge is 0.289 e. The van der Waals surface area contributed by atoms with Gasteiger partial charge >= 0.3 is 0 Å². The minimum atomic E-state index is -0.224.